The monoisotopic (exact) mass is 322 g/mol. The zero-order chi connectivity index (χ0) is 17.6. The minimum atomic E-state index is -1.03. The van der Waals surface area contributed by atoms with Gasteiger partial charge in [0.1, 0.15) is 0 Å². The first-order chi connectivity index (χ1) is 10.6. The summed E-state index contributed by atoms with van der Waals surface area (Å²) < 4.78 is 0. The molecule has 1 aliphatic carbocycles. The number of rotatable bonds is 1. The van der Waals surface area contributed by atoms with E-state index in [1.54, 1.807) is 13.0 Å². The van der Waals surface area contributed by atoms with Crippen LogP contribution in [0.5, 0.6) is 0 Å². The van der Waals surface area contributed by atoms with Gasteiger partial charge in [0.05, 0.1) is 17.8 Å². The van der Waals surface area contributed by atoms with E-state index in [-0.39, 0.29) is 6.42 Å². The van der Waals surface area contributed by atoms with Gasteiger partial charge in [-0.05, 0) is 51.9 Å². The number of aliphatic hydroxyl groups excluding tert-OH is 2. The zero-order valence-corrected chi connectivity index (χ0v) is 15.3. The first-order valence-electron chi connectivity index (χ1n) is 8.71. The van der Waals surface area contributed by atoms with E-state index < -0.39 is 17.8 Å². The number of hydrogen-bond donors (Lipinski definition) is 3. The zero-order valence-electron chi connectivity index (χ0n) is 15.3. The highest BCUT2D eigenvalue weighted by Gasteiger charge is 2.22. The Morgan fingerprint density at radius 2 is 1.70 bits per heavy atom. The van der Waals surface area contributed by atoms with Gasteiger partial charge in [-0.25, -0.2) is 0 Å². The standard InChI is InChI=1S/C20H34O3/c1-14(2)17-7-6-15(3)10-18(21)11-16(4)12-19(22)13-20(5,23)9-8-17/h8-10,12,14,17-19,21-23H,6-7,11,13H2,1-5H3/b9-8+,15-10+,16-12+/t17-,18+,19+,20-/m1/s1. The van der Waals surface area contributed by atoms with Crippen molar-refractivity contribution in [1.29, 1.82) is 0 Å². The molecule has 1 aliphatic rings. The SMILES string of the molecule is C/C1=C\[C@H](O)C/C(C)=C/[C@H](O)C[C@](C)(O)/C=C/[C@H](C(C)C)CC1. The van der Waals surface area contributed by atoms with E-state index >= 15 is 0 Å². The molecule has 0 aromatic carbocycles. The van der Waals surface area contributed by atoms with E-state index in [1.165, 1.54) is 5.57 Å². The van der Waals surface area contributed by atoms with Crippen molar-refractivity contribution in [2.45, 2.75) is 78.1 Å². The molecule has 0 aromatic rings. The third-order valence-electron chi connectivity index (χ3n) is 4.54. The van der Waals surface area contributed by atoms with Crippen molar-refractivity contribution in [2.75, 3.05) is 0 Å². The molecule has 3 nitrogen and oxygen atoms in total. The van der Waals surface area contributed by atoms with Crippen LogP contribution in [0.4, 0.5) is 0 Å². The molecule has 0 radical (unpaired) electrons. The maximum atomic E-state index is 10.5. The summed E-state index contributed by atoms with van der Waals surface area (Å²) in [6.07, 6.45) is 9.06. The normalized spacial score (nSPS) is 40.7. The minimum absolute atomic E-state index is 0.261. The molecule has 0 amide bonds. The van der Waals surface area contributed by atoms with Crippen LogP contribution in [0, 0.1) is 11.8 Å². The second kappa shape index (κ2) is 8.81. The second-order valence-corrected chi connectivity index (χ2v) is 7.73. The molecule has 0 aromatic heterocycles. The van der Waals surface area contributed by atoms with Crippen LogP contribution >= 0.6 is 0 Å². The molecule has 132 valence electrons. The van der Waals surface area contributed by atoms with E-state index in [4.69, 9.17) is 0 Å². The van der Waals surface area contributed by atoms with Gasteiger partial charge in [0.25, 0.3) is 0 Å². The summed E-state index contributed by atoms with van der Waals surface area (Å²) in [5.41, 5.74) is 1.09. The van der Waals surface area contributed by atoms with Crippen molar-refractivity contribution in [2.24, 2.45) is 11.8 Å². The van der Waals surface area contributed by atoms with Crippen LogP contribution in [0.2, 0.25) is 0 Å². The molecule has 23 heavy (non-hydrogen) atoms. The van der Waals surface area contributed by atoms with Crippen LogP contribution in [-0.2, 0) is 0 Å². The van der Waals surface area contributed by atoms with Crippen LogP contribution in [-0.4, -0.2) is 33.1 Å². The van der Waals surface area contributed by atoms with Crippen LogP contribution < -0.4 is 0 Å². The van der Waals surface area contributed by atoms with E-state index in [0.717, 1.165) is 18.4 Å². The highest BCUT2D eigenvalue weighted by atomic mass is 16.3. The van der Waals surface area contributed by atoms with Crippen molar-refractivity contribution in [3.05, 3.63) is 35.5 Å². The van der Waals surface area contributed by atoms with Gasteiger partial charge in [0.2, 0.25) is 0 Å². The maximum absolute atomic E-state index is 10.5. The molecule has 3 N–H and O–H groups in total. The van der Waals surface area contributed by atoms with Crippen molar-refractivity contribution in [3.8, 4) is 0 Å². The summed E-state index contributed by atoms with van der Waals surface area (Å²) in [5, 5.41) is 30.8. The van der Waals surface area contributed by atoms with E-state index in [2.05, 4.69) is 26.8 Å². The molecule has 0 saturated carbocycles. The average molecular weight is 322 g/mol. The third-order valence-corrected chi connectivity index (χ3v) is 4.54. The fraction of sp³-hybridized carbons (Fsp3) is 0.700. The van der Waals surface area contributed by atoms with Crippen molar-refractivity contribution < 1.29 is 15.3 Å². The Labute approximate surface area is 141 Å². The van der Waals surface area contributed by atoms with Crippen LogP contribution in [0.25, 0.3) is 0 Å². The molecule has 1 rings (SSSR count). The predicted molar refractivity (Wildman–Crippen MR) is 96.1 cm³/mol. The Balaban J connectivity index is 3.05. The van der Waals surface area contributed by atoms with E-state index in [1.807, 2.05) is 19.1 Å². The molecule has 0 heterocycles. The van der Waals surface area contributed by atoms with E-state index in [9.17, 15) is 15.3 Å². The Morgan fingerprint density at radius 1 is 1.09 bits per heavy atom. The van der Waals surface area contributed by atoms with Gasteiger partial charge in [-0.3, -0.25) is 0 Å². The molecular weight excluding hydrogens is 288 g/mol. The predicted octanol–water partition coefficient (Wildman–Crippen LogP) is 3.75. The molecule has 0 unspecified atom stereocenters. The second-order valence-electron chi connectivity index (χ2n) is 7.73. The quantitative estimate of drug-likeness (QED) is 0.644. The first kappa shape index (κ1) is 20.1. The average Bonchev–Trinajstić information content (AvgIpc) is 2.35. The van der Waals surface area contributed by atoms with Gasteiger partial charge in [-0.15, -0.1) is 0 Å². The summed E-state index contributed by atoms with van der Waals surface area (Å²) in [6.45, 7) is 10.1. The highest BCUT2D eigenvalue weighted by molar-refractivity contribution is 5.12. The fourth-order valence-corrected chi connectivity index (χ4v) is 3.12. The van der Waals surface area contributed by atoms with Gasteiger partial charge in [-0.1, -0.05) is 49.3 Å². The van der Waals surface area contributed by atoms with Crippen molar-refractivity contribution in [1.82, 2.24) is 0 Å². The maximum Gasteiger partial charge on any atom is 0.0827 e. The third kappa shape index (κ3) is 7.96. The lowest BCUT2D eigenvalue weighted by atomic mass is 9.86. The van der Waals surface area contributed by atoms with Gasteiger partial charge in [0, 0.05) is 6.42 Å². The smallest absolute Gasteiger partial charge is 0.0827 e. The molecule has 3 heteroatoms. The van der Waals surface area contributed by atoms with Crippen LogP contribution in [0.1, 0.15) is 60.3 Å². The number of allylic oxidation sites excluding steroid dienone is 2. The molecule has 4 atom stereocenters. The van der Waals surface area contributed by atoms with Gasteiger partial charge >= 0.3 is 0 Å². The Kier molecular flexibility index (Phi) is 7.72. The van der Waals surface area contributed by atoms with Crippen molar-refractivity contribution in [3.63, 3.8) is 0 Å². The number of aliphatic hydroxyl groups is 3. The van der Waals surface area contributed by atoms with Crippen LogP contribution in [0.3, 0.4) is 0 Å². The molecule has 0 bridgehead atoms. The lowest BCUT2D eigenvalue weighted by Crippen LogP contribution is -2.27. The molecular formula is C20H34O3. The topological polar surface area (TPSA) is 60.7 Å². The largest absolute Gasteiger partial charge is 0.389 e. The highest BCUT2D eigenvalue weighted by Crippen LogP contribution is 2.25. The molecule has 0 fully saturated rings. The van der Waals surface area contributed by atoms with Gasteiger partial charge in [0.15, 0.2) is 0 Å². The van der Waals surface area contributed by atoms with Crippen LogP contribution in [0.15, 0.2) is 35.5 Å². The minimum Gasteiger partial charge on any atom is -0.389 e. The lowest BCUT2D eigenvalue weighted by Gasteiger charge is -2.24. The summed E-state index contributed by atoms with van der Waals surface area (Å²) in [6, 6.07) is 0. The van der Waals surface area contributed by atoms with Gasteiger partial charge in [-0.2, -0.15) is 0 Å². The molecule has 0 saturated heterocycles. The van der Waals surface area contributed by atoms with Crippen molar-refractivity contribution >= 4 is 0 Å². The lowest BCUT2D eigenvalue weighted by molar-refractivity contribution is 0.0564. The Morgan fingerprint density at radius 3 is 2.30 bits per heavy atom. The van der Waals surface area contributed by atoms with E-state index in [0.29, 0.717) is 18.3 Å². The summed E-state index contributed by atoms with van der Waals surface area (Å²) in [5.74, 6) is 0.860. The molecule has 0 spiro atoms. The van der Waals surface area contributed by atoms with Gasteiger partial charge < -0.3 is 15.3 Å². The summed E-state index contributed by atoms with van der Waals surface area (Å²) in [4.78, 5) is 0. The number of hydrogen-bond acceptors (Lipinski definition) is 3. The molecule has 0 aliphatic heterocycles. The Bertz CT molecular complexity index is 458. The fourth-order valence-electron chi connectivity index (χ4n) is 3.12. The Hall–Kier alpha value is -0.900. The first-order valence-corrected chi connectivity index (χ1v) is 8.71. The summed E-state index contributed by atoms with van der Waals surface area (Å²) in [7, 11) is 0. The summed E-state index contributed by atoms with van der Waals surface area (Å²) >= 11 is 0.